The van der Waals surface area contributed by atoms with Gasteiger partial charge in [-0.2, -0.15) is 0 Å². The topological polar surface area (TPSA) is 35.5 Å². The molecule has 0 aromatic heterocycles. The molecule has 1 saturated carbocycles. The number of Topliss-reactive ketones (excluding diaryl/α,β-unsaturated/α-hetero) is 1. The van der Waals surface area contributed by atoms with Crippen molar-refractivity contribution in [1.29, 1.82) is 0 Å². The Morgan fingerprint density at radius 2 is 1.23 bits per heavy atom. The van der Waals surface area contributed by atoms with Crippen molar-refractivity contribution in [1.82, 2.24) is 0 Å². The summed E-state index contributed by atoms with van der Waals surface area (Å²) in [7, 11) is -5.73. The highest BCUT2D eigenvalue weighted by atomic mass is 28.4. The zero-order valence-electron chi connectivity index (χ0n) is 22.1. The summed E-state index contributed by atoms with van der Waals surface area (Å²) in [6.45, 7) is 30.1. The molecule has 2 aliphatic rings. The molecule has 3 atom stereocenters. The first-order valence-corrected chi connectivity index (χ1v) is 21.1. The van der Waals surface area contributed by atoms with Crippen molar-refractivity contribution in [2.45, 2.75) is 129 Å². The number of ketones is 1. The lowest BCUT2D eigenvalue weighted by Gasteiger charge is -2.48. The summed E-state index contributed by atoms with van der Waals surface area (Å²) in [6.07, 6.45) is 2.78. The van der Waals surface area contributed by atoms with Crippen LogP contribution in [0, 0.1) is 5.92 Å². The Balaban J connectivity index is 2.58. The Hall–Kier alpha value is -0.0194. The third kappa shape index (κ3) is 5.14. The fourth-order valence-corrected chi connectivity index (χ4v) is 9.08. The molecule has 1 fully saturated rings. The smallest absolute Gasteiger partial charge is 0.193 e. The monoisotopic (exact) mass is 468 g/mol. The van der Waals surface area contributed by atoms with E-state index in [1.54, 1.807) is 0 Å². The number of allylic oxidation sites excluding steroid dienone is 1. The molecular weight excluding hydrogens is 421 g/mol. The molecule has 0 unspecified atom stereocenters. The minimum Gasteiger partial charge on any atom is -0.411 e. The van der Waals surface area contributed by atoms with E-state index in [0.29, 0.717) is 18.1 Å². The van der Waals surface area contributed by atoms with Crippen molar-refractivity contribution in [3.05, 3.63) is 10.8 Å². The van der Waals surface area contributed by atoms with Gasteiger partial charge in [0.2, 0.25) is 0 Å². The van der Waals surface area contributed by atoms with E-state index in [-0.39, 0.29) is 22.3 Å². The second-order valence-corrected chi connectivity index (χ2v) is 28.2. The SMILES string of the molecule is CC(C)(C)[Si](C)(C)O[C@H]1CC[C@H]2CC(=O)C([Si](C)(C)C)=C2[C@@H]1O[Si](C)(C)C(C)(C)C. The van der Waals surface area contributed by atoms with Gasteiger partial charge in [0.15, 0.2) is 22.4 Å². The standard InChI is InChI=1S/C24H48O3Si3/c1-23(2,3)29(10,11)26-19-15-14-17-16-18(25)22(28(7,8)9)20(17)21(19)27-30(12,13)24(4,5)6/h17,19,21H,14-16H2,1-13H3/t17-,19-,21+/m0/s1. The summed E-state index contributed by atoms with van der Waals surface area (Å²) in [4.78, 5) is 13.1. The van der Waals surface area contributed by atoms with Crippen LogP contribution in [0.1, 0.15) is 60.8 Å². The van der Waals surface area contributed by atoms with Crippen molar-refractivity contribution in [2.24, 2.45) is 5.92 Å². The third-order valence-corrected chi connectivity index (χ3v) is 19.1. The second-order valence-electron chi connectivity index (χ2n) is 13.7. The van der Waals surface area contributed by atoms with Gasteiger partial charge in [-0.05, 0) is 65.8 Å². The fraction of sp³-hybridized carbons (Fsp3) is 0.875. The Labute approximate surface area is 189 Å². The molecule has 2 aliphatic carbocycles. The van der Waals surface area contributed by atoms with Crippen LogP contribution in [-0.4, -0.2) is 42.7 Å². The molecule has 0 N–H and O–H groups in total. The highest BCUT2D eigenvalue weighted by Crippen LogP contribution is 2.49. The molecule has 0 aromatic carbocycles. The molecule has 30 heavy (non-hydrogen) atoms. The first-order chi connectivity index (χ1) is 13.2. The van der Waals surface area contributed by atoms with Crippen molar-refractivity contribution in [2.75, 3.05) is 0 Å². The molecule has 0 aliphatic heterocycles. The Morgan fingerprint density at radius 1 is 0.767 bits per heavy atom. The molecule has 0 spiro atoms. The maximum absolute atomic E-state index is 13.1. The van der Waals surface area contributed by atoms with Gasteiger partial charge >= 0.3 is 0 Å². The third-order valence-electron chi connectivity index (χ3n) is 8.11. The number of fused-ring (bicyclic) bond motifs is 1. The number of carbonyl (C=O) groups is 1. The fourth-order valence-electron chi connectivity index (χ4n) is 4.31. The summed E-state index contributed by atoms with van der Waals surface area (Å²) < 4.78 is 14.2. The van der Waals surface area contributed by atoms with Gasteiger partial charge in [-0.1, -0.05) is 61.2 Å². The average Bonchev–Trinajstić information content (AvgIpc) is 2.83. The van der Waals surface area contributed by atoms with Crippen LogP contribution in [0.3, 0.4) is 0 Å². The van der Waals surface area contributed by atoms with Gasteiger partial charge < -0.3 is 8.85 Å². The van der Waals surface area contributed by atoms with Crippen LogP contribution < -0.4 is 0 Å². The molecule has 0 aromatic rings. The minimum atomic E-state index is -2.02. The molecule has 0 heterocycles. The second kappa shape index (κ2) is 8.08. The number of hydrogen-bond acceptors (Lipinski definition) is 3. The maximum atomic E-state index is 13.1. The normalized spacial score (nSPS) is 27.0. The van der Waals surface area contributed by atoms with Gasteiger partial charge in [-0.25, -0.2) is 0 Å². The quantitative estimate of drug-likeness (QED) is 0.396. The van der Waals surface area contributed by atoms with Crippen molar-refractivity contribution >= 4 is 30.5 Å². The summed E-state index contributed by atoms with van der Waals surface area (Å²) in [5, 5.41) is 1.45. The van der Waals surface area contributed by atoms with Crippen LogP contribution in [0.25, 0.3) is 0 Å². The van der Waals surface area contributed by atoms with Crippen LogP contribution in [0.2, 0.25) is 55.9 Å². The van der Waals surface area contributed by atoms with E-state index in [2.05, 4.69) is 87.4 Å². The lowest BCUT2D eigenvalue weighted by Crippen LogP contribution is -2.54. The number of hydrogen-bond donors (Lipinski definition) is 0. The van der Waals surface area contributed by atoms with Crippen LogP contribution in [0.5, 0.6) is 0 Å². The van der Waals surface area contributed by atoms with Crippen molar-refractivity contribution in [3.8, 4) is 0 Å². The van der Waals surface area contributed by atoms with Crippen molar-refractivity contribution in [3.63, 3.8) is 0 Å². The molecule has 0 radical (unpaired) electrons. The summed E-state index contributed by atoms with van der Waals surface area (Å²) >= 11 is 0. The molecule has 0 saturated heterocycles. The Bertz CT molecular complexity index is 703. The molecule has 174 valence electrons. The first-order valence-electron chi connectivity index (χ1n) is 11.8. The molecule has 0 bridgehead atoms. The predicted molar refractivity (Wildman–Crippen MR) is 137 cm³/mol. The molecule has 6 heteroatoms. The van der Waals surface area contributed by atoms with Crippen LogP contribution in [0.15, 0.2) is 10.8 Å². The molecule has 2 rings (SSSR count). The van der Waals surface area contributed by atoms with E-state index in [4.69, 9.17) is 8.85 Å². The Kier molecular flexibility index (Phi) is 7.07. The first kappa shape index (κ1) is 26.2. The zero-order valence-corrected chi connectivity index (χ0v) is 25.1. The van der Waals surface area contributed by atoms with Gasteiger partial charge in [-0.15, -0.1) is 0 Å². The summed E-state index contributed by atoms with van der Waals surface area (Å²) in [5.74, 6) is 0.763. The summed E-state index contributed by atoms with van der Waals surface area (Å²) in [6, 6.07) is 0. The molecule has 0 amide bonds. The largest absolute Gasteiger partial charge is 0.411 e. The van der Waals surface area contributed by atoms with Gasteiger partial charge in [0.05, 0.1) is 20.3 Å². The highest BCUT2D eigenvalue weighted by Gasteiger charge is 2.52. The molecule has 3 nitrogen and oxygen atoms in total. The highest BCUT2D eigenvalue weighted by molar-refractivity contribution is 6.87. The van der Waals surface area contributed by atoms with E-state index >= 15 is 0 Å². The van der Waals surface area contributed by atoms with Gasteiger partial charge in [0.1, 0.15) is 0 Å². The van der Waals surface area contributed by atoms with Gasteiger partial charge in [0, 0.05) is 6.42 Å². The maximum Gasteiger partial charge on any atom is 0.193 e. The zero-order chi connectivity index (χ0) is 23.5. The van der Waals surface area contributed by atoms with Crippen molar-refractivity contribution < 1.29 is 13.6 Å². The number of carbonyl (C=O) groups excluding carboxylic acids is 1. The van der Waals surface area contributed by atoms with Crippen LogP contribution in [0.4, 0.5) is 0 Å². The Morgan fingerprint density at radius 3 is 1.67 bits per heavy atom. The van der Waals surface area contributed by atoms with Gasteiger partial charge in [0.25, 0.3) is 0 Å². The lowest BCUT2D eigenvalue weighted by molar-refractivity contribution is -0.114. The number of rotatable bonds is 5. The molecular formula is C24H48O3Si3. The van der Waals surface area contributed by atoms with Gasteiger partial charge in [-0.3, -0.25) is 4.79 Å². The van der Waals surface area contributed by atoms with E-state index in [1.807, 2.05) is 0 Å². The van der Waals surface area contributed by atoms with E-state index in [9.17, 15) is 4.79 Å². The average molecular weight is 469 g/mol. The predicted octanol–water partition coefficient (Wildman–Crippen LogP) is 7.32. The van der Waals surface area contributed by atoms with E-state index < -0.39 is 24.7 Å². The minimum absolute atomic E-state index is 0.0491. The summed E-state index contributed by atoms with van der Waals surface area (Å²) in [5.41, 5.74) is 1.35. The van der Waals surface area contributed by atoms with E-state index in [1.165, 1.54) is 10.8 Å². The van der Waals surface area contributed by atoms with E-state index in [0.717, 1.165) is 12.8 Å². The van der Waals surface area contributed by atoms with Crippen LogP contribution in [-0.2, 0) is 13.6 Å². The lowest BCUT2D eigenvalue weighted by atomic mass is 9.82. The van der Waals surface area contributed by atoms with Crippen LogP contribution >= 0.6 is 0 Å².